The van der Waals surface area contributed by atoms with Crippen LogP contribution in [-0.4, -0.2) is 23.5 Å². The van der Waals surface area contributed by atoms with E-state index in [1.54, 1.807) is 0 Å². The van der Waals surface area contributed by atoms with Gasteiger partial charge in [0, 0.05) is 18.6 Å². The first-order valence-electron chi connectivity index (χ1n) is 3.63. The molecule has 0 amide bonds. The van der Waals surface area contributed by atoms with Gasteiger partial charge in [0.05, 0.1) is 0 Å². The van der Waals surface area contributed by atoms with E-state index in [1.807, 2.05) is 0 Å². The summed E-state index contributed by atoms with van der Waals surface area (Å²) in [6, 6.07) is 1.92. The molecule has 2 atom stereocenters. The van der Waals surface area contributed by atoms with Gasteiger partial charge in [-0.25, -0.2) is 0 Å². The van der Waals surface area contributed by atoms with Crippen LogP contribution < -0.4 is 0 Å². The third-order valence-corrected chi connectivity index (χ3v) is 2.67. The van der Waals surface area contributed by atoms with E-state index in [0.717, 1.165) is 12.1 Å². The highest BCUT2D eigenvalue weighted by atomic mass is 15.3. The van der Waals surface area contributed by atoms with Crippen LogP contribution in [0.2, 0.25) is 0 Å². The molecule has 0 radical (unpaired) electrons. The molecule has 0 aromatic rings. The fourth-order valence-electron chi connectivity index (χ4n) is 1.95. The second kappa shape index (κ2) is 1.47. The second-order valence-corrected chi connectivity index (χ2v) is 3.11. The van der Waals surface area contributed by atoms with E-state index < -0.39 is 0 Å². The van der Waals surface area contributed by atoms with Crippen LogP contribution in [0.1, 0.15) is 26.2 Å². The lowest BCUT2D eigenvalue weighted by Gasteiger charge is -2.37. The van der Waals surface area contributed by atoms with Crippen molar-refractivity contribution >= 4 is 0 Å². The molecule has 2 aliphatic heterocycles. The van der Waals surface area contributed by atoms with Gasteiger partial charge in [-0.2, -0.15) is 0 Å². The SMILES string of the molecule is C[C@H]1CCC2CCN21. The molecule has 2 fully saturated rings. The summed E-state index contributed by atoms with van der Waals surface area (Å²) in [4.78, 5) is 2.62. The number of hydrogen-bond donors (Lipinski definition) is 0. The highest BCUT2D eigenvalue weighted by Gasteiger charge is 2.36. The smallest absolute Gasteiger partial charge is 0.0111 e. The van der Waals surface area contributed by atoms with Gasteiger partial charge in [-0.05, 0) is 26.2 Å². The molecule has 2 aliphatic rings. The van der Waals surface area contributed by atoms with Gasteiger partial charge in [0.1, 0.15) is 0 Å². The molecule has 0 saturated carbocycles. The van der Waals surface area contributed by atoms with Crippen molar-refractivity contribution in [3.8, 4) is 0 Å². The third-order valence-electron chi connectivity index (χ3n) is 2.67. The van der Waals surface area contributed by atoms with Crippen molar-refractivity contribution < 1.29 is 0 Å². The van der Waals surface area contributed by atoms with Crippen LogP contribution >= 0.6 is 0 Å². The lowest BCUT2D eigenvalue weighted by Crippen LogP contribution is -2.45. The zero-order valence-corrected chi connectivity index (χ0v) is 5.43. The molecule has 0 N–H and O–H groups in total. The lowest BCUT2D eigenvalue weighted by atomic mass is 10.1. The molecule has 46 valence electrons. The van der Waals surface area contributed by atoms with Crippen molar-refractivity contribution in [2.75, 3.05) is 6.54 Å². The Morgan fingerprint density at radius 3 is 2.38 bits per heavy atom. The second-order valence-electron chi connectivity index (χ2n) is 3.11. The number of nitrogens with zero attached hydrogens (tertiary/aromatic N) is 1. The summed E-state index contributed by atoms with van der Waals surface area (Å²) < 4.78 is 0. The normalized spacial score (nSPS) is 46.1. The Bertz CT molecular complexity index is 94.6. The Hall–Kier alpha value is -0.0400. The summed E-state index contributed by atoms with van der Waals surface area (Å²) in [5.41, 5.74) is 0. The summed E-state index contributed by atoms with van der Waals surface area (Å²) in [6.07, 6.45) is 4.40. The van der Waals surface area contributed by atoms with Crippen molar-refractivity contribution in [2.24, 2.45) is 0 Å². The number of rotatable bonds is 0. The topological polar surface area (TPSA) is 3.24 Å². The molecule has 0 aromatic heterocycles. The monoisotopic (exact) mass is 111 g/mol. The molecule has 1 nitrogen and oxygen atoms in total. The molecule has 0 aliphatic carbocycles. The van der Waals surface area contributed by atoms with Crippen LogP contribution in [0.5, 0.6) is 0 Å². The Kier molecular flexibility index (Phi) is 0.884. The van der Waals surface area contributed by atoms with Crippen LogP contribution in [0, 0.1) is 0 Å². The molecule has 2 heterocycles. The minimum absolute atomic E-state index is 0.911. The zero-order valence-electron chi connectivity index (χ0n) is 5.43. The van der Waals surface area contributed by atoms with E-state index in [9.17, 15) is 0 Å². The molecule has 1 heteroatoms. The zero-order chi connectivity index (χ0) is 5.56. The van der Waals surface area contributed by atoms with Crippen molar-refractivity contribution in [3.05, 3.63) is 0 Å². The van der Waals surface area contributed by atoms with Gasteiger partial charge in [0.25, 0.3) is 0 Å². The fourth-order valence-corrected chi connectivity index (χ4v) is 1.95. The standard InChI is InChI=1S/C7H13N/c1-6-2-3-7-4-5-8(6)7/h6-7H,2-5H2,1H3/t6-,7?/m0/s1. The Labute approximate surface area is 50.7 Å². The lowest BCUT2D eigenvalue weighted by molar-refractivity contribution is 0.103. The summed E-state index contributed by atoms with van der Waals surface area (Å²) in [7, 11) is 0. The molecule has 2 saturated heterocycles. The van der Waals surface area contributed by atoms with Gasteiger partial charge >= 0.3 is 0 Å². The van der Waals surface area contributed by atoms with Crippen LogP contribution in [-0.2, 0) is 0 Å². The first-order chi connectivity index (χ1) is 3.88. The molecule has 0 bridgehead atoms. The van der Waals surface area contributed by atoms with E-state index in [2.05, 4.69) is 11.8 Å². The maximum Gasteiger partial charge on any atom is 0.0111 e. The molecule has 8 heavy (non-hydrogen) atoms. The summed E-state index contributed by atoms with van der Waals surface area (Å²) in [5.74, 6) is 0. The average molecular weight is 111 g/mol. The summed E-state index contributed by atoms with van der Waals surface area (Å²) in [5, 5.41) is 0. The quantitative estimate of drug-likeness (QED) is 0.454. The van der Waals surface area contributed by atoms with Gasteiger partial charge in [0.2, 0.25) is 0 Å². The maximum absolute atomic E-state index is 2.62. The predicted octanol–water partition coefficient (Wildman–Crippen LogP) is 1.24. The average Bonchev–Trinajstić information content (AvgIpc) is 1.80. The number of fused-ring (bicyclic) bond motifs is 1. The minimum Gasteiger partial charge on any atom is -0.298 e. The van der Waals surface area contributed by atoms with Crippen LogP contribution in [0.25, 0.3) is 0 Å². The third kappa shape index (κ3) is 0.455. The van der Waals surface area contributed by atoms with Gasteiger partial charge in [-0.3, -0.25) is 4.90 Å². The van der Waals surface area contributed by atoms with Crippen LogP contribution in [0.3, 0.4) is 0 Å². The Balaban J connectivity index is 2.05. The van der Waals surface area contributed by atoms with Gasteiger partial charge in [0.15, 0.2) is 0 Å². The van der Waals surface area contributed by atoms with Crippen molar-refractivity contribution in [3.63, 3.8) is 0 Å². The van der Waals surface area contributed by atoms with E-state index in [-0.39, 0.29) is 0 Å². The molecular formula is C7H13N. The largest absolute Gasteiger partial charge is 0.298 e. The van der Waals surface area contributed by atoms with Crippen LogP contribution in [0.4, 0.5) is 0 Å². The van der Waals surface area contributed by atoms with Crippen molar-refractivity contribution in [1.29, 1.82) is 0 Å². The van der Waals surface area contributed by atoms with E-state index >= 15 is 0 Å². The van der Waals surface area contributed by atoms with Crippen LogP contribution in [0.15, 0.2) is 0 Å². The summed E-state index contributed by atoms with van der Waals surface area (Å²) in [6.45, 7) is 3.73. The number of hydrogen-bond acceptors (Lipinski definition) is 1. The first-order valence-corrected chi connectivity index (χ1v) is 3.63. The van der Waals surface area contributed by atoms with Gasteiger partial charge < -0.3 is 0 Å². The van der Waals surface area contributed by atoms with Gasteiger partial charge in [-0.1, -0.05) is 0 Å². The minimum atomic E-state index is 0.911. The molecule has 1 unspecified atom stereocenters. The molecule has 0 spiro atoms. The highest BCUT2D eigenvalue weighted by molar-refractivity contribution is 4.92. The van der Waals surface area contributed by atoms with E-state index in [1.165, 1.54) is 25.8 Å². The van der Waals surface area contributed by atoms with Gasteiger partial charge in [-0.15, -0.1) is 0 Å². The molecule has 0 aromatic carbocycles. The summed E-state index contributed by atoms with van der Waals surface area (Å²) >= 11 is 0. The van der Waals surface area contributed by atoms with Crippen molar-refractivity contribution in [1.82, 2.24) is 4.90 Å². The first kappa shape index (κ1) is 4.80. The van der Waals surface area contributed by atoms with Crippen molar-refractivity contribution in [2.45, 2.75) is 38.3 Å². The molecule has 2 rings (SSSR count). The predicted molar refractivity (Wildman–Crippen MR) is 33.8 cm³/mol. The highest BCUT2D eigenvalue weighted by Crippen LogP contribution is 2.32. The van der Waals surface area contributed by atoms with E-state index in [4.69, 9.17) is 0 Å². The molecular weight excluding hydrogens is 98.1 g/mol. The Morgan fingerprint density at radius 2 is 2.12 bits per heavy atom. The van der Waals surface area contributed by atoms with E-state index in [0.29, 0.717) is 0 Å². The maximum atomic E-state index is 2.62. The fraction of sp³-hybridized carbons (Fsp3) is 1.00. The Morgan fingerprint density at radius 1 is 1.25 bits per heavy atom.